The normalized spacial score (nSPS) is 30.9. The van der Waals surface area contributed by atoms with E-state index >= 15 is 0 Å². The molecule has 2 aliphatic carbocycles. The van der Waals surface area contributed by atoms with Gasteiger partial charge in [-0.3, -0.25) is 4.79 Å². The van der Waals surface area contributed by atoms with E-state index in [9.17, 15) is 25.2 Å². The molecule has 1 aromatic rings. The molecule has 0 aliphatic heterocycles. The fourth-order valence-corrected chi connectivity index (χ4v) is 5.51. The molecule has 2 aliphatic rings. The van der Waals surface area contributed by atoms with Gasteiger partial charge in [0.2, 0.25) is 0 Å². The number of phenols is 3. The van der Waals surface area contributed by atoms with Crippen LogP contribution in [0.25, 0.3) is 0 Å². The highest BCUT2D eigenvalue weighted by atomic mass is 16.3. The van der Waals surface area contributed by atoms with Gasteiger partial charge in [-0.1, -0.05) is 41.0 Å². The van der Waals surface area contributed by atoms with Gasteiger partial charge < -0.3 is 20.4 Å². The molecule has 1 aromatic carbocycles. The second-order valence-electron chi connectivity index (χ2n) is 8.91. The number of phenolic OH excluding ortho intramolecular Hbond substituents is 3. The maximum absolute atomic E-state index is 13.0. The third-order valence-corrected chi connectivity index (χ3v) is 6.48. The summed E-state index contributed by atoms with van der Waals surface area (Å²) in [4.78, 5) is 13.0. The first-order chi connectivity index (χ1) is 11.4. The smallest absolute Gasteiger partial charge is 0.195 e. The number of aliphatic hydroxyl groups excluding tert-OH is 1. The Kier molecular flexibility index (Phi) is 3.88. The van der Waals surface area contributed by atoms with Crippen molar-refractivity contribution in [3.63, 3.8) is 0 Å². The Morgan fingerprint density at radius 3 is 2.16 bits per heavy atom. The third-order valence-electron chi connectivity index (χ3n) is 6.48. The quantitative estimate of drug-likeness (QED) is 0.459. The summed E-state index contributed by atoms with van der Waals surface area (Å²) in [6.07, 6.45) is 1.19. The number of hydrogen-bond acceptors (Lipinski definition) is 5. The topological polar surface area (TPSA) is 98.0 Å². The lowest BCUT2D eigenvalue weighted by molar-refractivity contribution is -0.0399. The molecule has 5 nitrogen and oxygen atoms in total. The van der Waals surface area contributed by atoms with Crippen LogP contribution in [0.4, 0.5) is 0 Å². The average molecular weight is 348 g/mol. The van der Waals surface area contributed by atoms with Crippen LogP contribution < -0.4 is 0 Å². The zero-order chi connectivity index (χ0) is 18.9. The minimum absolute atomic E-state index is 0.0250. The molecule has 4 N–H and O–H groups in total. The summed E-state index contributed by atoms with van der Waals surface area (Å²) in [6.45, 7) is 9.49. The average Bonchev–Trinajstić information content (AvgIpc) is 2.47. The maximum atomic E-state index is 13.0. The summed E-state index contributed by atoms with van der Waals surface area (Å²) in [7, 11) is 0. The van der Waals surface area contributed by atoms with Gasteiger partial charge in [0, 0.05) is 22.5 Å². The predicted octanol–water partition coefficient (Wildman–Crippen LogP) is 3.57. The first-order valence-electron chi connectivity index (χ1n) is 8.98. The second-order valence-corrected chi connectivity index (χ2v) is 8.91. The highest BCUT2D eigenvalue weighted by Gasteiger charge is 2.58. The van der Waals surface area contributed by atoms with Gasteiger partial charge in [-0.2, -0.15) is 0 Å². The molecule has 0 amide bonds. The van der Waals surface area contributed by atoms with E-state index in [0.29, 0.717) is 12.0 Å². The molecule has 138 valence electrons. The van der Waals surface area contributed by atoms with Crippen molar-refractivity contribution in [2.45, 2.75) is 71.3 Å². The Hall–Kier alpha value is -1.75. The van der Waals surface area contributed by atoms with Crippen molar-refractivity contribution in [2.24, 2.45) is 11.3 Å². The van der Waals surface area contributed by atoms with E-state index in [-0.39, 0.29) is 45.6 Å². The molecule has 0 spiro atoms. The third kappa shape index (κ3) is 2.21. The van der Waals surface area contributed by atoms with Gasteiger partial charge in [0.15, 0.2) is 17.3 Å². The molecule has 0 saturated heterocycles. The Morgan fingerprint density at radius 1 is 1.00 bits per heavy atom. The molecule has 3 unspecified atom stereocenters. The van der Waals surface area contributed by atoms with Crippen LogP contribution >= 0.6 is 0 Å². The molecule has 5 heteroatoms. The minimum Gasteiger partial charge on any atom is -0.507 e. The van der Waals surface area contributed by atoms with Crippen LogP contribution in [0.3, 0.4) is 0 Å². The van der Waals surface area contributed by atoms with Crippen LogP contribution in [0.5, 0.6) is 17.2 Å². The molecule has 0 radical (unpaired) electrons. The van der Waals surface area contributed by atoms with Gasteiger partial charge in [-0.15, -0.1) is 0 Å². The lowest BCUT2D eigenvalue weighted by atomic mass is 9.49. The van der Waals surface area contributed by atoms with Crippen LogP contribution in [-0.4, -0.2) is 32.3 Å². The number of carbonyl (C=O) groups excluding carboxylic acids is 1. The lowest BCUT2D eigenvalue weighted by Gasteiger charge is -2.55. The minimum atomic E-state index is -1.23. The lowest BCUT2D eigenvalue weighted by Crippen LogP contribution is -2.56. The highest BCUT2D eigenvalue weighted by molar-refractivity contribution is 6.06. The Balaban J connectivity index is 2.41. The maximum Gasteiger partial charge on any atom is 0.195 e. The zero-order valence-electron chi connectivity index (χ0n) is 15.6. The summed E-state index contributed by atoms with van der Waals surface area (Å²) in [5.41, 5.74) is -0.579. The van der Waals surface area contributed by atoms with Crippen LogP contribution in [0.2, 0.25) is 0 Å². The van der Waals surface area contributed by atoms with Gasteiger partial charge >= 0.3 is 0 Å². The Morgan fingerprint density at radius 2 is 1.60 bits per heavy atom. The van der Waals surface area contributed by atoms with Crippen molar-refractivity contribution in [3.05, 3.63) is 16.7 Å². The van der Waals surface area contributed by atoms with Crippen LogP contribution in [0.15, 0.2) is 0 Å². The van der Waals surface area contributed by atoms with E-state index in [1.165, 1.54) is 0 Å². The van der Waals surface area contributed by atoms with Crippen LogP contribution in [-0.2, 0) is 5.41 Å². The fraction of sp³-hybridized carbons (Fsp3) is 0.650. The van der Waals surface area contributed by atoms with Gasteiger partial charge in [0.05, 0.1) is 5.56 Å². The van der Waals surface area contributed by atoms with Gasteiger partial charge in [0.25, 0.3) is 0 Å². The summed E-state index contributed by atoms with van der Waals surface area (Å²) in [5.74, 6) is -2.24. The molecule has 1 saturated carbocycles. The SMILES string of the molecule is CC(C)c1c(O)c(O)c2c(c1O)C(=O)C(O)C1C(C)(C)CCCC21C. The Labute approximate surface area is 148 Å². The van der Waals surface area contributed by atoms with Gasteiger partial charge in [0.1, 0.15) is 11.9 Å². The summed E-state index contributed by atoms with van der Waals surface area (Å²) in [5, 5.41) is 42.8. The van der Waals surface area contributed by atoms with E-state index in [1.807, 2.05) is 20.8 Å². The van der Waals surface area contributed by atoms with Crippen molar-refractivity contribution in [1.82, 2.24) is 0 Å². The number of hydrogen-bond donors (Lipinski definition) is 4. The van der Waals surface area contributed by atoms with E-state index < -0.39 is 17.3 Å². The molecule has 3 rings (SSSR count). The molecule has 0 heterocycles. The van der Waals surface area contributed by atoms with E-state index in [1.54, 1.807) is 13.8 Å². The predicted molar refractivity (Wildman–Crippen MR) is 94.3 cm³/mol. The highest BCUT2D eigenvalue weighted by Crippen LogP contribution is 2.62. The fourth-order valence-electron chi connectivity index (χ4n) is 5.51. The second kappa shape index (κ2) is 5.37. The van der Waals surface area contributed by atoms with Crippen molar-refractivity contribution in [3.8, 4) is 17.2 Å². The number of Topliss-reactive ketones (excluding diaryl/α,β-unsaturated/α-hetero) is 1. The molecule has 1 fully saturated rings. The standard InChI is InChI=1S/C20H28O5/c1-9(2)10-13(21)11-12(16(24)14(10)22)20(5)8-6-7-19(3,4)18(20)17(25)15(11)23/h9,17-18,21-22,24-25H,6-8H2,1-5H3. The van der Waals surface area contributed by atoms with Crippen molar-refractivity contribution in [1.29, 1.82) is 0 Å². The molecule has 3 atom stereocenters. The van der Waals surface area contributed by atoms with E-state index in [4.69, 9.17) is 0 Å². The number of benzene rings is 1. The van der Waals surface area contributed by atoms with E-state index in [0.717, 1.165) is 12.8 Å². The number of aromatic hydroxyl groups is 3. The number of aliphatic hydroxyl groups is 1. The monoisotopic (exact) mass is 348 g/mol. The molecule has 0 aromatic heterocycles. The van der Waals surface area contributed by atoms with Crippen molar-refractivity contribution in [2.75, 3.05) is 0 Å². The van der Waals surface area contributed by atoms with Gasteiger partial charge in [-0.05, 0) is 24.2 Å². The Bertz CT molecular complexity index is 749. The number of fused-ring (bicyclic) bond motifs is 3. The molecule has 0 bridgehead atoms. The van der Waals surface area contributed by atoms with Crippen LogP contribution in [0.1, 0.15) is 81.3 Å². The van der Waals surface area contributed by atoms with Crippen molar-refractivity contribution < 1.29 is 25.2 Å². The van der Waals surface area contributed by atoms with Crippen molar-refractivity contribution >= 4 is 5.78 Å². The first kappa shape index (κ1) is 18.1. The number of carbonyl (C=O) groups is 1. The van der Waals surface area contributed by atoms with Crippen LogP contribution in [0, 0.1) is 11.3 Å². The first-order valence-corrected chi connectivity index (χ1v) is 8.98. The summed E-state index contributed by atoms with van der Waals surface area (Å²) >= 11 is 0. The van der Waals surface area contributed by atoms with E-state index in [2.05, 4.69) is 0 Å². The largest absolute Gasteiger partial charge is 0.507 e. The number of rotatable bonds is 1. The molecular formula is C20H28O5. The zero-order valence-corrected chi connectivity index (χ0v) is 15.6. The molecule has 25 heavy (non-hydrogen) atoms. The number of ketones is 1. The summed E-state index contributed by atoms with van der Waals surface area (Å²) in [6, 6.07) is 0. The summed E-state index contributed by atoms with van der Waals surface area (Å²) < 4.78 is 0. The molecular weight excluding hydrogens is 320 g/mol. The van der Waals surface area contributed by atoms with Gasteiger partial charge in [-0.25, -0.2) is 0 Å².